The number of nitrogens with zero attached hydrogens (tertiary/aromatic N) is 1. The Bertz CT molecular complexity index is 474. The highest BCUT2D eigenvalue weighted by Gasteiger charge is 2.24. The van der Waals surface area contributed by atoms with Gasteiger partial charge in [0, 0.05) is 13.1 Å². The van der Waals surface area contributed by atoms with E-state index >= 15 is 0 Å². The van der Waals surface area contributed by atoms with Gasteiger partial charge in [-0.15, -0.1) is 0 Å². The summed E-state index contributed by atoms with van der Waals surface area (Å²) in [5, 5.41) is 0. The first kappa shape index (κ1) is 14.9. The smallest absolute Gasteiger partial charge is 0.257 e. The molecule has 0 aromatic heterocycles. The van der Waals surface area contributed by atoms with Gasteiger partial charge in [-0.3, -0.25) is 4.79 Å². The Morgan fingerprint density at radius 2 is 1.95 bits per heavy atom. The molecule has 1 amide bonds. The van der Waals surface area contributed by atoms with Crippen LogP contribution in [-0.4, -0.2) is 31.0 Å². The third-order valence-electron chi connectivity index (χ3n) is 4.19. The molecule has 0 saturated carbocycles. The molecule has 1 aromatic rings. The van der Waals surface area contributed by atoms with Crippen molar-refractivity contribution in [3.63, 3.8) is 0 Å². The molecule has 0 atom stereocenters. The minimum absolute atomic E-state index is 0.108. The molecule has 0 N–H and O–H groups in total. The molecule has 0 spiro atoms. The second-order valence-corrected chi connectivity index (χ2v) is 6.09. The summed E-state index contributed by atoms with van der Waals surface area (Å²) in [5.74, 6) is 1.92. The van der Waals surface area contributed by atoms with Crippen LogP contribution in [0.1, 0.15) is 55.5 Å². The molecule has 1 heterocycles. The van der Waals surface area contributed by atoms with Crippen molar-refractivity contribution in [1.82, 2.24) is 4.90 Å². The number of hydrogen-bond acceptors (Lipinski definition) is 2. The Balaban J connectivity index is 2.25. The van der Waals surface area contributed by atoms with Crippen LogP contribution in [0.25, 0.3) is 0 Å². The van der Waals surface area contributed by atoms with Gasteiger partial charge in [0.2, 0.25) is 0 Å². The van der Waals surface area contributed by atoms with Crippen LogP contribution in [0.5, 0.6) is 5.75 Å². The third-order valence-corrected chi connectivity index (χ3v) is 4.19. The molecule has 0 bridgehead atoms. The predicted molar refractivity (Wildman–Crippen MR) is 81.4 cm³/mol. The second-order valence-electron chi connectivity index (χ2n) is 6.09. The lowest BCUT2D eigenvalue weighted by atomic mass is 9.97. The summed E-state index contributed by atoms with van der Waals surface area (Å²) in [6.45, 7) is 8.24. The number of amides is 1. The maximum atomic E-state index is 12.7. The van der Waals surface area contributed by atoms with Crippen LogP contribution in [0.2, 0.25) is 0 Å². The van der Waals surface area contributed by atoms with Crippen molar-refractivity contribution in [2.45, 2.75) is 39.5 Å². The molecular weight excluding hydrogens is 250 g/mol. The molecule has 0 aliphatic carbocycles. The quantitative estimate of drug-likeness (QED) is 0.842. The third kappa shape index (κ3) is 3.14. The van der Waals surface area contributed by atoms with Crippen molar-refractivity contribution in [1.29, 1.82) is 0 Å². The Morgan fingerprint density at radius 1 is 1.30 bits per heavy atom. The lowest BCUT2D eigenvalue weighted by Crippen LogP contribution is -2.38. The van der Waals surface area contributed by atoms with Crippen molar-refractivity contribution in [3.8, 4) is 5.75 Å². The van der Waals surface area contributed by atoms with Crippen LogP contribution in [0.3, 0.4) is 0 Å². The minimum Gasteiger partial charge on any atom is -0.496 e. The van der Waals surface area contributed by atoms with Crippen LogP contribution in [0.15, 0.2) is 18.2 Å². The Hall–Kier alpha value is -1.51. The average molecular weight is 275 g/mol. The first-order chi connectivity index (χ1) is 9.52. The fourth-order valence-electron chi connectivity index (χ4n) is 2.63. The van der Waals surface area contributed by atoms with E-state index in [1.54, 1.807) is 7.11 Å². The molecule has 3 heteroatoms. The highest BCUT2D eigenvalue weighted by molar-refractivity contribution is 5.97. The summed E-state index contributed by atoms with van der Waals surface area (Å²) in [4.78, 5) is 14.7. The number of carbonyl (C=O) groups is 1. The van der Waals surface area contributed by atoms with Gasteiger partial charge in [0.05, 0.1) is 12.7 Å². The SMILES string of the molecule is COc1ccc(C(C)C)cc1C(=O)N1CCC(C)CC1. The number of hydrogen-bond donors (Lipinski definition) is 0. The number of benzene rings is 1. The fraction of sp³-hybridized carbons (Fsp3) is 0.588. The molecule has 1 fully saturated rings. The van der Waals surface area contributed by atoms with Gasteiger partial charge in [-0.2, -0.15) is 0 Å². The number of ether oxygens (including phenoxy) is 1. The number of piperidine rings is 1. The largest absolute Gasteiger partial charge is 0.496 e. The van der Waals surface area contributed by atoms with Crippen molar-refractivity contribution in [2.24, 2.45) is 5.92 Å². The maximum absolute atomic E-state index is 12.7. The monoisotopic (exact) mass is 275 g/mol. The molecule has 20 heavy (non-hydrogen) atoms. The van der Waals surface area contributed by atoms with E-state index in [4.69, 9.17) is 4.74 Å². The van der Waals surface area contributed by atoms with Gasteiger partial charge in [0.15, 0.2) is 0 Å². The maximum Gasteiger partial charge on any atom is 0.257 e. The standard InChI is InChI=1S/C17H25NO2/c1-12(2)14-5-6-16(20-4)15(11-14)17(19)18-9-7-13(3)8-10-18/h5-6,11-13H,7-10H2,1-4H3. The molecule has 1 aliphatic rings. The fourth-order valence-corrected chi connectivity index (χ4v) is 2.63. The summed E-state index contributed by atoms with van der Waals surface area (Å²) in [6, 6.07) is 5.94. The van der Waals surface area contributed by atoms with E-state index < -0.39 is 0 Å². The van der Waals surface area contributed by atoms with E-state index in [1.807, 2.05) is 23.1 Å². The molecule has 3 nitrogen and oxygen atoms in total. The molecule has 110 valence electrons. The molecule has 1 aliphatic heterocycles. The van der Waals surface area contributed by atoms with Gasteiger partial charge in [0.25, 0.3) is 5.91 Å². The molecular formula is C17H25NO2. The second kappa shape index (κ2) is 6.29. The van der Waals surface area contributed by atoms with Crippen LogP contribution >= 0.6 is 0 Å². The number of methoxy groups -OCH3 is 1. The van der Waals surface area contributed by atoms with E-state index in [-0.39, 0.29) is 5.91 Å². The lowest BCUT2D eigenvalue weighted by Gasteiger charge is -2.30. The number of carbonyl (C=O) groups excluding carboxylic acids is 1. The first-order valence-corrected chi connectivity index (χ1v) is 7.50. The number of rotatable bonds is 3. The normalized spacial score (nSPS) is 16.6. The van der Waals surface area contributed by atoms with E-state index in [9.17, 15) is 4.79 Å². The van der Waals surface area contributed by atoms with Crippen LogP contribution < -0.4 is 4.74 Å². The number of likely N-dealkylation sites (tertiary alicyclic amines) is 1. The summed E-state index contributed by atoms with van der Waals surface area (Å²) in [6.07, 6.45) is 2.19. The topological polar surface area (TPSA) is 29.5 Å². The molecule has 0 unspecified atom stereocenters. The van der Waals surface area contributed by atoms with Crippen LogP contribution in [0.4, 0.5) is 0 Å². The lowest BCUT2D eigenvalue weighted by molar-refractivity contribution is 0.0693. The van der Waals surface area contributed by atoms with Crippen molar-refractivity contribution in [2.75, 3.05) is 20.2 Å². The Kier molecular flexibility index (Phi) is 4.69. The van der Waals surface area contributed by atoms with Gasteiger partial charge in [-0.05, 0) is 42.4 Å². The van der Waals surface area contributed by atoms with Crippen LogP contribution in [0, 0.1) is 5.92 Å². The Morgan fingerprint density at radius 3 is 2.50 bits per heavy atom. The highest BCUT2D eigenvalue weighted by Crippen LogP contribution is 2.27. The predicted octanol–water partition coefficient (Wildman–Crippen LogP) is 3.69. The first-order valence-electron chi connectivity index (χ1n) is 7.50. The van der Waals surface area contributed by atoms with Crippen molar-refractivity contribution >= 4 is 5.91 Å². The average Bonchev–Trinajstić information content (AvgIpc) is 2.46. The zero-order valence-electron chi connectivity index (χ0n) is 13.0. The van der Waals surface area contributed by atoms with Gasteiger partial charge < -0.3 is 9.64 Å². The van der Waals surface area contributed by atoms with Crippen molar-refractivity contribution in [3.05, 3.63) is 29.3 Å². The molecule has 0 radical (unpaired) electrons. The summed E-state index contributed by atoms with van der Waals surface area (Å²) in [5.41, 5.74) is 1.88. The Labute approximate surface area is 121 Å². The zero-order chi connectivity index (χ0) is 14.7. The van der Waals surface area contributed by atoms with Gasteiger partial charge in [-0.1, -0.05) is 26.8 Å². The summed E-state index contributed by atoms with van der Waals surface area (Å²) < 4.78 is 5.37. The highest BCUT2D eigenvalue weighted by atomic mass is 16.5. The van der Waals surface area contributed by atoms with E-state index in [2.05, 4.69) is 20.8 Å². The van der Waals surface area contributed by atoms with E-state index in [0.717, 1.165) is 31.8 Å². The molecule has 2 rings (SSSR count). The van der Waals surface area contributed by atoms with E-state index in [0.29, 0.717) is 17.2 Å². The zero-order valence-corrected chi connectivity index (χ0v) is 13.0. The van der Waals surface area contributed by atoms with Gasteiger partial charge in [0.1, 0.15) is 5.75 Å². The summed E-state index contributed by atoms with van der Waals surface area (Å²) >= 11 is 0. The molecule has 1 aromatic carbocycles. The van der Waals surface area contributed by atoms with Crippen molar-refractivity contribution < 1.29 is 9.53 Å². The van der Waals surface area contributed by atoms with Gasteiger partial charge in [-0.25, -0.2) is 0 Å². The minimum atomic E-state index is 0.108. The van der Waals surface area contributed by atoms with E-state index in [1.165, 1.54) is 5.56 Å². The van der Waals surface area contributed by atoms with Crippen LogP contribution in [-0.2, 0) is 0 Å². The summed E-state index contributed by atoms with van der Waals surface area (Å²) in [7, 11) is 1.62. The molecule has 1 saturated heterocycles. The van der Waals surface area contributed by atoms with Gasteiger partial charge >= 0.3 is 0 Å².